The Bertz CT molecular complexity index is 1610. The van der Waals surface area contributed by atoms with Crippen molar-refractivity contribution in [3.63, 3.8) is 0 Å². The van der Waals surface area contributed by atoms with Crippen molar-refractivity contribution in [2.75, 3.05) is 26.4 Å². The maximum absolute atomic E-state index is 6.14. The first-order valence-electron chi connectivity index (χ1n) is 12.9. The number of hydrogen-bond donors (Lipinski definition) is 0. The van der Waals surface area contributed by atoms with Gasteiger partial charge in [-0.05, 0) is 18.9 Å². The van der Waals surface area contributed by atoms with Crippen LogP contribution in [0, 0.1) is 0 Å². The Morgan fingerprint density at radius 3 is 2.06 bits per heavy atom. The number of rotatable bonds is 3. The highest BCUT2D eigenvalue weighted by Crippen LogP contribution is 2.43. The Kier molecular flexibility index (Phi) is 4.70. The number of imidazole rings is 1. The van der Waals surface area contributed by atoms with E-state index < -0.39 is 12.6 Å². The van der Waals surface area contributed by atoms with Crippen molar-refractivity contribution < 1.29 is 23.5 Å². The van der Waals surface area contributed by atoms with Crippen molar-refractivity contribution in [2.45, 2.75) is 32.0 Å². The molecule has 3 aliphatic heterocycles. The van der Waals surface area contributed by atoms with E-state index in [1.807, 2.05) is 0 Å². The van der Waals surface area contributed by atoms with Crippen LogP contribution in [0.2, 0.25) is 0 Å². The first-order chi connectivity index (χ1) is 17.9. The summed E-state index contributed by atoms with van der Waals surface area (Å²) in [5.41, 5.74) is 8.01. The van der Waals surface area contributed by atoms with E-state index in [1.165, 1.54) is 32.9 Å². The SMILES string of the molecule is c1cc(C2OCCCO2)c(-c2c[n+]3c4c5c(cccc5c5ccccc5n24)C3)c(C2OCCCO2)c1. The number of hydrogen-bond acceptors (Lipinski definition) is 4. The van der Waals surface area contributed by atoms with Crippen molar-refractivity contribution >= 4 is 27.3 Å². The zero-order valence-electron chi connectivity index (χ0n) is 20.0. The largest absolute Gasteiger partial charge is 0.348 e. The van der Waals surface area contributed by atoms with Gasteiger partial charge in [-0.3, -0.25) is 0 Å². The fourth-order valence-electron chi connectivity index (χ4n) is 6.22. The van der Waals surface area contributed by atoms with Crippen molar-refractivity contribution in [2.24, 2.45) is 0 Å². The standard InChI is InChI=1S/C30H27N2O4/c1-2-12-24-20(8-1)21-9-3-7-19-17-31-18-25(32(24)28(31)26(19)21)27-22(29-33-13-5-14-34-29)10-4-11-23(27)30-35-15-6-16-36-30/h1-4,7-12,18,29-30H,5-6,13-17H2/q+1. The van der Waals surface area contributed by atoms with Crippen LogP contribution in [0.25, 0.3) is 38.6 Å². The molecule has 6 nitrogen and oxygen atoms in total. The third kappa shape index (κ3) is 2.96. The number of benzene rings is 3. The maximum Gasteiger partial charge on any atom is 0.295 e. The summed E-state index contributed by atoms with van der Waals surface area (Å²) in [6.45, 7) is 3.62. The molecule has 0 N–H and O–H groups in total. The van der Waals surface area contributed by atoms with Gasteiger partial charge in [0.2, 0.25) is 0 Å². The van der Waals surface area contributed by atoms with Gasteiger partial charge in [0.15, 0.2) is 18.3 Å². The third-order valence-corrected chi connectivity index (χ3v) is 7.70. The number of fused-ring (bicyclic) bond motifs is 3. The van der Waals surface area contributed by atoms with Gasteiger partial charge in [-0.25, -0.2) is 4.57 Å². The Morgan fingerprint density at radius 2 is 1.33 bits per heavy atom. The van der Waals surface area contributed by atoms with Crippen LogP contribution in [-0.2, 0) is 25.5 Å². The minimum atomic E-state index is -0.415. The molecule has 6 heteroatoms. The van der Waals surface area contributed by atoms with Gasteiger partial charge in [0.05, 0.1) is 31.8 Å². The first kappa shape index (κ1) is 20.9. The van der Waals surface area contributed by atoms with E-state index in [4.69, 9.17) is 18.9 Å². The molecule has 0 amide bonds. The van der Waals surface area contributed by atoms with Gasteiger partial charge in [-0.1, -0.05) is 54.6 Å². The van der Waals surface area contributed by atoms with E-state index in [-0.39, 0.29) is 0 Å². The molecular formula is C30H27N2O4+. The number of ether oxygens (including phenoxy) is 4. The molecule has 0 aliphatic carbocycles. The topological polar surface area (TPSA) is 45.2 Å². The fourth-order valence-corrected chi connectivity index (χ4v) is 6.22. The number of para-hydroxylation sites is 1. The summed E-state index contributed by atoms with van der Waals surface area (Å²) in [6, 6.07) is 21.7. The van der Waals surface area contributed by atoms with Gasteiger partial charge in [-0.15, -0.1) is 0 Å². The van der Waals surface area contributed by atoms with Crippen molar-refractivity contribution in [3.05, 3.63) is 83.6 Å². The van der Waals surface area contributed by atoms with Gasteiger partial charge in [0, 0.05) is 33.0 Å². The Balaban J connectivity index is 1.48. The molecule has 0 spiro atoms. The molecule has 0 unspecified atom stereocenters. The molecule has 2 saturated heterocycles. The lowest BCUT2D eigenvalue weighted by Crippen LogP contribution is -2.28. The van der Waals surface area contributed by atoms with Gasteiger partial charge in [0.25, 0.3) is 5.65 Å². The molecular weight excluding hydrogens is 452 g/mol. The smallest absolute Gasteiger partial charge is 0.295 e. The zero-order valence-corrected chi connectivity index (χ0v) is 20.0. The second kappa shape index (κ2) is 8.11. The molecule has 3 aromatic carbocycles. The molecule has 0 bridgehead atoms. The lowest BCUT2D eigenvalue weighted by molar-refractivity contribution is -0.657. The van der Waals surface area contributed by atoms with Gasteiger partial charge >= 0.3 is 0 Å². The van der Waals surface area contributed by atoms with Crippen molar-refractivity contribution in [1.82, 2.24) is 4.40 Å². The highest BCUT2D eigenvalue weighted by molar-refractivity contribution is 6.13. The number of aromatic nitrogens is 2. The summed E-state index contributed by atoms with van der Waals surface area (Å²) in [5.74, 6) is 0. The van der Waals surface area contributed by atoms with Gasteiger partial charge in [0.1, 0.15) is 18.3 Å². The summed E-state index contributed by atoms with van der Waals surface area (Å²) in [7, 11) is 0. The molecule has 3 aliphatic rings. The Labute approximate surface area is 208 Å². The van der Waals surface area contributed by atoms with Gasteiger partial charge < -0.3 is 18.9 Å². The number of nitrogens with zero attached hydrogens (tertiary/aromatic N) is 2. The predicted octanol–water partition coefficient (Wildman–Crippen LogP) is 5.43. The first-order valence-corrected chi connectivity index (χ1v) is 12.9. The van der Waals surface area contributed by atoms with E-state index in [0.717, 1.165) is 41.8 Å². The van der Waals surface area contributed by atoms with Crippen LogP contribution in [0.1, 0.15) is 42.1 Å². The van der Waals surface area contributed by atoms with E-state index in [1.54, 1.807) is 0 Å². The summed E-state index contributed by atoms with van der Waals surface area (Å²) < 4.78 is 29.3. The van der Waals surface area contributed by atoms with Crippen molar-refractivity contribution in [1.29, 1.82) is 0 Å². The monoisotopic (exact) mass is 479 g/mol. The van der Waals surface area contributed by atoms with Crippen LogP contribution in [0.5, 0.6) is 0 Å². The number of pyridine rings is 1. The predicted molar refractivity (Wildman–Crippen MR) is 136 cm³/mol. The molecule has 0 saturated carbocycles. The van der Waals surface area contributed by atoms with E-state index >= 15 is 0 Å². The molecule has 0 atom stereocenters. The van der Waals surface area contributed by atoms with Crippen LogP contribution >= 0.6 is 0 Å². The lowest BCUT2D eigenvalue weighted by Gasteiger charge is -2.29. The zero-order chi connectivity index (χ0) is 23.6. The van der Waals surface area contributed by atoms with Gasteiger partial charge in [-0.2, -0.15) is 4.40 Å². The quantitative estimate of drug-likeness (QED) is 0.251. The van der Waals surface area contributed by atoms with E-state index in [0.29, 0.717) is 26.4 Å². The average Bonchev–Trinajstić information content (AvgIpc) is 3.50. The van der Waals surface area contributed by atoms with Crippen LogP contribution in [0.4, 0.5) is 0 Å². The summed E-state index contributed by atoms with van der Waals surface area (Å²) in [6.07, 6.45) is 3.28. The third-order valence-electron chi connectivity index (χ3n) is 7.70. The Morgan fingerprint density at radius 1 is 0.694 bits per heavy atom. The van der Waals surface area contributed by atoms with E-state index in [2.05, 4.69) is 75.8 Å². The molecule has 8 rings (SSSR count). The molecule has 180 valence electrons. The van der Waals surface area contributed by atoms with Crippen LogP contribution < -0.4 is 4.57 Å². The molecule has 36 heavy (non-hydrogen) atoms. The fraction of sp³-hybridized carbons (Fsp3) is 0.300. The molecule has 2 aromatic heterocycles. The Hall–Kier alpha value is -3.29. The lowest BCUT2D eigenvalue weighted by atomic mass is 9.96. The van der Waals surface area contributed by atoms with E-state index in [9.17, 15) is 0 Å². The highest BCUT2D eigenvalue weighted by atomic mass is 16.7. The van der Waals surface area contributed by atoms with Crippen LogP contribution in [0.15, 0.2) is 66.9 Å². The van der Waals surface area contributed by atoms with Crippen LogP contribution in [-0.4, -0.2) is 30.8 Å². The van der Waals surface area contributed by atoms with Crippen LogP contribution in [0.3, 0.4) is 0 Å². The average molecular weight is 480 g/mol. The second-order valence-corrected chi connectivity index (χ2v) is 9.82. The highest BCUT2D eigenvalue weighted by Gasteiger charge is 2.35. The molecule has 0 radical (unpaired) electrons. The molecule has 5 heterocycles. The normalized spacial score (nSPS) is 18.8. The van der Waals surface area contributed by atoms with Crippen molar-refractivity contribution in [3.8, 4) is 11.3 Å². The molecule has 5 aromatic rings. The second-order valence-electron chi connectivity index (χ2n) is 9.82. The maximum atomic E-state index is 6.14. The molecule has 2 fully saturated rings. The summed E-state index contributed by atoms with van der Waals surface area (Å²) >= 11 is 0. The minimum Gasteiger partial charge on any atom is -0.348 e. The summed E-state index contributed by atoms with van der Waals surface area (Å²) in [5, 5.41) is 3.89. The minimum absolute atomic E-state index is 0.415. The summed E-state index contributed by atoms with van der Waals surface area (Å²) in [4.78, 5) is 0.